The summed E-state index contributed by atoms with van der Waals surface area (Å²) in [5.41, 5.74) is 8.68. The number of para-hydroxylation sites is 2. The number of carbonyl (C=O) groups is 1. The molecule has 3 rings (SSSR count). The Morgan fingerprint density at radius 1 is 1.04 bits per heavy atom. The van der Waals surface area contributed by atoms with Crippen LogP contribution in [0, 0.1) is 0 Å². The van der Waals surface area contributed by atoms with Crippen molar-refractivity contribution in [3.63, 3.8) is 0 Å². The number of thiocarbonyl (C=S) groups is 1. The first-order valence-corrected chi connectivity index (χ1v) is 8.65. The van der Waals surface area contributed by atoms with Crippen LogP contribution in [0.25, 0.3) is 21.8 Å². The lowest BCUT2D eigenvalue weighted by atomic mass is 10.2. The van der Waals surface area contributed by atoms with Crippen molar-refractivity contribution in [2.24, 2.45) is 0 Å². The molecule has 1 amide bonds. The zero-order valence-electron chi connectivity index (χ0n) is 14.2. The number of fused-ring (bicyclic) bond motifs is 3. The molecule has 0 aliphatic rings. The minimum atomic E-state index is -0.0917. The SMILES string of the molecule is C=C(C)CC(=S)NNC(=O)CCn1c2ccccc2c2ccccc21. The van der Waals surface area contributed by atoms with Crippen molar-refractivity contribution in [1.29, 1.82) is 0 Å². The standard InChI is InChI=1S/C20H21N3OS/c1-14(2)13-20(25)22-21-19(24)11-12-23-17-9-5-3-7-15(17)16-8-4-6-10-18(16)23/h3-10H,1,11-13H2,2H3,(H,21,24)(H,22,25). The number of hydrogen-bond donors (Lipinski definition) is 2. The van der Waals surface area contributed by atoms with E-state index in [2.05, 4.69) is 46.3 Å². The van der Waals surface area contributed by atoms with Gasteiger partial charge in [0.25, 0.3) is 0 Å². The molecule has 3 aromatic rings. The Morgan fingerprint density at radius 3 is 2.16 bits per heavy atom. The molecule has 2 aromatic carbocycles. The normalized spacial score (nSPS) is 10.8. The third-order valence-electron chi connectivity index (χ3n) is 4.05. The summed E-state index contributed by atoms with van der Waals surface area (Å²) >= 11 is 5.15. The number of rotatable bonds is 5. The van der Waals surface area contributed by atoms with E-state index in [0.29, 0.717) is 24.4 Å². The summed E-state index contributed by atoms with van der Waals surface area (Å²) in [6, 6.07) is 16.5. The van der Waals surface area contributed by atoms with Crippen LogP contribution in [0.5, 0.6) is 0 Å². The van der Waals surface area contributed by atoms with Gasteiger partial charge in [-0.15, -0.1) is 0 Å². The van der Waals surface area contributed by atoms with Crippen molar-refractivity contribution >= 4 is 44.9 Å². The van der Waals surface area contributed by atoms with Crippen LogP contribution in [0.2, 0.25) is 0 Å². The summed E-state index contributed by atoms with van der Waals surface area (Å²) in [4.78, 5) is 12.7. The molecule has 0 saturated heterocycles. The number of hydrazine groups is 1. The molecular weight excluding hydrogens is 330 g/mol. The zero-order chi connectivity index (χ0) is 17.8. The highest BCUT2D eigenvalue weighted by Gasteiger charge is 2.11. The third-order valence-corrected chi connectivity index (χ3v) is 4.29. The van der Waals surface area contributed by atoms with Crippen LogP contribution in [0.1, 0.15) is 19.8 Å². The molecule has 0 fully saturated rings. The molecule has 5 heteroatoms. The zero-order valence-corrected chi connectivity index (χ0v) is 15.0. The molecule has 0 radical (unpaired) electrons. The van der Waals surface area contributed by atoms with Gasteiger partial charge in [-0.1, -0.05) is 60.8 Å². The number of nitrogens with zero attached hydrogens (tertiary/aromatic N) is 1. The molecule has 25 heavy (non-hydrogen) atoms. The van der Waals surface area contributed by atoms with E-state index in [1.807, 2.05) is 31.2 Å². The average Bonchev–Trinajstić information content (AvgIpc) is 2.92. The van der Waals surface area contributed by atoms with Gasteiger partial charge < -0.3 is 4.57 Å². The van der Waals surface area contributed by atoms with Crippen LogP contribution < -0.4 is 10.9 Å². The van der Waals surface area contributed by atoms with Gasteiger partial charge in [-0.05, 0) is 19.1 Å². The van der Waals surface area contributed by atoms with Gasteiger partial charge in [-0.25, -0.2) is 0 Å². The van der Waals surface area contributed by atoms with E-state index in [-0.39, 0.29) is 5.91 Å². The summed E-state index contributed by atoms with van der Waals surface area (Å²) in [6.45, 7) is 6.31. The Bertz CT molecular complexity index is 905. The highest BCUT2D eigenvalue weighted by atomic mass is 32.1. The van der Waals surface area contributed by atoms with Crippen molar-refractivity contribution in [1.82, 2.24) is 15.4 Å². The molecule has 0 aliphatic heterocycles. The predicted molar refractivity (Wildman–Crippen MR) is 107 cm³/mol. The number of nitrogens with one attached hydrogen (secondary N) is 2. The highest BCUT2D eigenvalue weighted by Crippen LogP contribution is 2.28. The highest BCUT2D eigenvalue weighted by molar-refractivity contribution is 7.80. The molecule has 1 aromatic heterocycles. The fourth-order valence-corrected chi connectivity index (χ4v) is 3.28. The van der Waals surface area contributed by atoms with E-state index in [1.54, 1.807) is 0 Å². The molecular formula is C20H21N3OS. The lowest BCUT2D eigenvalue weighted by Gasteiger charge is -2.11. The number of aryl methyl sites for hydroxylation is 1. The molecule has 1 heterocycles. The van der Waals surface area contributed by atoms with Gasteiger partial charge in [-0.3, -0.25) is 15.6 Å². The quantitative estimate of drug-likeness (QED) is 0.413. The van der Waals surface area contributed by atoms with E-state index in [1.165, 1.54) is 10.8 Å². The van der Waals surface area contributed by atoms with Crippen LogP contribution in [0.15, 0.2) is 60.7 Å². The second-order valence-electron chi connectivity index (χ2n) is 6.17. The second kappa shape index (κ2) is 7.49. The Morgan fingerprint density at radius 2 is 1.60 bits per heavy atom. The molecule has 0 aliphatic carbocycles. The minimum absolute atomic E-state index is 0.0917. The van der Waals surface area contributed by atoms with E-state index >= 15 is 0 Å². The molecule has 2 N–H and O–H groups in total. The smallest absolute Gasteiger partial charge is 0.240 e. The summed E-state index contributed by atoms with van der Waals surface area (Å²) in [5, 5.41) is 2.42. The number of amides is 1. The summed E-state index contributed by atoms with van der Waals surface area (Å²) in [5.74, 6) is -0.0917. The Kier molecular flexibility index (Phi) is 5.14. The van der Waals surface area contributed by atoms with Crippen LogP contribution in [0.4, 0.5) is 0 Å². The van der Waals surface area contributed by atoms with Crippen molar-refractivity contribution in [2.45, 2.75) is 26.3 Å². The Balaban J connectivity index is 1.71. The maximum atomic E-state index is 12.1. The van der Waals surface area contributed by atoms with Gasteiger partial charge >= 0.3 is 0 Å². The molecule has 4 nitrogen and oxygen atoms in total. The maximum absolute atomic E-state index is 12.1. The molecule has 0 unspecified atom stereocenters. The van der Waals surface area contributed by atoms with Gasteiger partial charge in [0.2, 0.25) is 5.91 Å². The molecule has 0 saturated carbocycles. The summed E-state index contributed by atoms with van der Waals surface area (Å²) < 4.78 is 2.19. The monoisotopic (exact) mass is 351 g/mol. The van der Waals surface area contributed by atoms with Crippen molar-refractivity contribution in [3.8, 4) is 0 Å². The molecule has 0 spiro atoms. The lowest BCUT2D eigenvalue weighted by molar-refractivity contribution is -0.121. The van der Waals surface area contributed by atoms with Crippen LogP contribution in [-0.2, 0) is 11.3 Å². The van der Waals surface area contributed by atoms with Crippen LogP contribution in [-0.4, -0.2) is 15.5 Å². The number of carbonyl (C=O) groups excluding carboxylic acids is 1. The van der Waals surface area contributed by atoms with Gasteiger partial charge in [0.1, 0.15) is 0 Å². The van der Waals surface area contributed by atoms with Crippen LogP contribution >= 0.6 is 12.2 Å². The second-order valence-corrected chi connectivity index (χ2v) is 6.66. The van der Waals surface area contributed by atoms with E-state index in [0.717, 1.165) is 16.6 Å². The van der Waals surface area contributed by atoms with Gasteiger partial charge in [0, 0.05) is 41.2 Å². The van der Waals surface area contributed by atoms with Crippen molar-refractivity contribution in [3.05, 3.63) is 60.7 Å². The summed E-state index contributed by atoms with van der Waals surface area (Å²) in [7, 11) is 0. The van der Waals surface area contributed by atoms with Crippen LogP contribution in [0.3, 0.4) is 0 Å². The summed E-state index contributed by atoms with van der Waals surface area (Å²) in [6.07, 6.45) is 0.938. The largest absolute Gasteiger partial charge is 0.340 e. The topological polar surface area (TPSA) is 46.1 Å². The number of benzene rings is 2. The first-order chi connectivity index (χ1) is 12.1. The average molecular weight is 351 g/mol. The van der Waals surface area contributed by atoms with Gasteiger partial charge in [0.05, 0.1) is 4.99 Å². The van der Waals surface area contributed by atoms with Gasteiger partial charge in [-0.2, -0.15) is 0 Å². The molecule has 128 valence electrons. The Hall–Kier alpha value is -2.66. The molecule has 0 atom stereocenters. The fraction of sp³-hybridized carbons (Fsp3) is 0.200. The van der Waals surface area contributed by atoms with Crippen molar-refractivity contribution in [2.75, 3.05) is 0 Å². The third kappa shape index (κ3) is 3.88. The first kappa shape index (κ1) is 17.2. The van der Waals surface area contributed by atoms with E-state index in [4.69, 9.17) is 12.2 Å². The minimum Gasteiger partial charge on any atom is -0.340 e. The Labute approximate surface area is 152 Å². The van der Waals surface area contributed by atoms with Gasteiger partial charge in [0.15, 0.2) is 0 Å². The lowest BCUT2D eigenvalue weighted by Crippen LogP contribution is -2.41. The fourth-order valence-electron chi connectivity index (χ4n) is 2.98. The maximum Gasteiger partial charge on any atom is 0.240 e. The number of hydrogen-bond acceptors (Lipinski definition) is 2. The van der Waals surface area contributed by atoms with Crippen molar-refractivity contribution < 1.29 is 4.79 Å². The molecule has 0 bridgehead atoms. The van der Waals surface area contributed by atoms with E-state index < -0.39 is 0 Å². The predicted octanol–water partition coefficient (Wildman–Crippen LogP) is 4.10. The first-order valence-electron chi connectivity index (χ1n) is 8.24. The van der Waals surface area contributed by atoms with E-state index in [9.17, 15) is 4.79 Å². The number of aromatic nitrogens is 1.